The third-order valence-electron chi connectivity index (χ3n) is 3.19. The van der Waals surface area contributed by atoms with Crippen molar-refractivity contribution >= 4 is 11.9 Å². The highest BCUT2D eigenvalue weighted by Gasteiger charge is 2.44. The van der Waals surface area contributed by atoms with Crippen molar-refractivity contribution in [2.45, 2.75) is 19.3 Å². The summed E-state index contributed by atoms with van der Waals surface area (Å²) in [4.78, 5) is 22.8. The molecule has 1 aromatic carbocycles. The van der Waals surface area contributed by atoms with E-state index in [4.69, 9.17) is 5.11 Å². The Bertz CT molecular complexity index is 549. The van der Waals surface area contributed by atoms with Gasteiger partial charge in [-0.1, -0.05) is 12.1 Å². The van der Waals surface area contributed by atoms with Gasteiger partial charge in [0.15, 0.2) is 5.41 Å². The van der Waals surface area contributed by atoms with Gasteiger partial charge >= 0.3 is 11.9 Å². The van der Waals surface area contributed by atoms with Crippen LogP contribution in [0.2, 0.25) is 0 Å². The molecule has 0 aromatic heterocycles. The second kappa shape index (κ2) is 6.15. The van der Waals surface area contributed by atoms with E-state index in [9.17, 15) is 19.2 Å². The number of methoxy groups -OCH3 is 1. The maximum absolute atomic E-state index is 12.9. The van der Waals surface area contributed by atoms with E-state index >= 15 is 0 Å². The molecule has 20 heavy (non-hydrogen) atoms. The third kappa shape index (κ3) is 3.12. The highest BCUT2D eigenvalue weighted by molar-refractivity contribution is 5.82. The summed E-state index contributed by atoms with van der Waals surface area (Å²) in [5.74, 6) is -3.40. The molecule has 0 aliphatic rings. The summed E-state index contributed by atoms with van der Waals surface area (Å²) in [6.45, 7) is 1.32. The fourth-order valence-electron chi connectivity index (χ4n) is 2.00. The minimum atomic E-state index is -1.66. The lowest BCUT2D eigenvalue weighted by Gasteiger charge is -2.28. The van der Waals surface area contributed by atoms with E-state index in [0.717, 1.165) is 19.2 Å². The molecule has 1 N–H and O–H groups in total. The number of rotatable bonds is 5. The molecule has 5 nitrogen and oxygen atoms in total. The maximum Gasteiger partial charge on any atom is 0.326 e. The van der Waals surface area contributed by atoms with Gasteiger partial charge in [-0.25, -0.2) is 4.39 Å². The van der Waals surface area contributed by atoms with Crippen molar-refractivity contribution in [3.8, 4) is 6.07 Å². The van der Waals surface area contributed by atoms with Crippen LogP contribution in [-0.2, 0) is 14.3 Å². The lowest BCUT2D eigenvalue weighted by molar-refractivity contribution is -0.150. The molecule has 0 saturated heterocycles. The zero-order chi connectivity index (χ0) is 15.3. The van der Waals surface area contributed by atoms with Crippen LogP contribution in [0.5, 0.6) is 0 Å². The van der Waals surface area contributed by atoms with Crippen LogP contribution in [0.15, 0.2) is 24.3 Å². The second-order valence-electron chi connectivity index (χ2n) is 4.51. The van der Waals surface area contributed by atoms with E-state index in [1.54, 1.807) is 0 Å². The van der Waals surface area contributed by atoms with E-state index in [2.05, 4.69) is 4.74 Å². The summed E-state index contributed by atoms with van der Waals surface area (Å²) in [6.07, 6.45) is -0.440. The summed E-state index contributed by atoms with van der Waals surface area (Å²) >= 11 is 0. The lowest BCUT2D eigenvalue weighted by Crippen LogP contribution is -2.35. The molecule has 0 spiro atoms. The fourth-order valence-corrected chi connectivity index (χ4v) is 2.00. The highest BCUT2D eigenvalue weighted by atomic mass is 19.1. The zero-order valence-electron chi connectivity index (χ0n) is 11.1. The molecule has 0 amide bonds. The minimum Gasteiger partial charge on any atom is -0.481 e. The second-order valence-corrected chi connectivity index (χ2v) is 4.51. The lowest BCUT2D eigenvalue weighted by atomic mass is 9.72. The van der Waals surface area contributed by atoms with Gasteiger partial charge in [0.1, 0.15) is 5.82 Å². The van der Waals surface area contributed by atoms with Gasteiger partial charge in [-0.05, 0) is 24.6 Å². The van der Waals surface area contributed by atoms with Gasteiger partial charge in [-0.2, -0.15) is 5.26 Å². The molecule has 0 saturated carbocycles. The number of esters is 1. The Morgan fingerprint density at radius 1 is 1.45 bits per heavy atom. The predicted octanol–water partition coefficient (Wildman–Crippen LogP) is 2.09. The van der Waals surface area contributed by atoms with Crippen LogP contribution < -0.4 is 0 Å². The number of carboxylic acid groups (broad SMARTS) is 1. The van der Waals surface area contributed by atoms with Crippen LogP contribution in [-0.4, -0.2) is 24.2 Å². The quantitative estimate of drug-likeness (QED) is 0.834. The molecule has 106 valence electrons. The van der Waals surface area contributed by atoms with Gasteiger partial charge < -0.3 is 9.84 Å². The van der Waals surface area contributed by atoms with E-state index in [0.29, 0.717) is 5.56 Å². The van der Waals surface area contributed by atoms with Gasteiger partial charge in [0.2, 0.25) is 0 Å². The Balaban J connectivity index is 3.31. The molecule has 0 bridgehead atoms. The normalized spacial score (nSPS) is 14.7. The Morgan fingerprint density at radius 3 is 2.40 bits per heavy atom. The monoisotopic (exact) mass is 279 g/mol. The smallest absolute Gasteiger partial charge is 0.326 e. The Hall–Kier alpha value is -2.42. The van der Waals surface area contributed by atoms with E-state index in [1.807, 2.05) is 6.07 Å². The van der Waals surface area contributed by atoms with Crippen LogP contribution in [0.1, 0.15) is 24.8 Å². The number of aliphatic carboxylic acids is 1. The predicted molar refractivity (Wildman–Crippen MR) is 67.1 cm³/mol. The largest absolute Gasteiger partial charge is 0.481 e. The molecule has 6 heteroatoms. The van der Waals surface area contributed by atoms with Crippen molar-refractivity contribution in [2.24, 2.45) is 5.41 Å². The Morgan fingerprint density at radius 2 is 2.00 bits per heavy atom. The summed E-state index contributed by atoms with van der Waals surface area (Å²) in [7, 11) is 1.13. The number of carbonyl (C=O) groups is 2. The number of nitrogens with zero attached hydrogens (tertiary/aromatic N) is 1. The molecule has 0 heterocycles. The van der Waals surface area contributed by atoms with Crippen LogP contribution in [0.4, 0.5) is 4.39 Å². The van der Waals surface area contributed by atoms with Crippen LogP contribution in [0.3, 0.4) is 0 Å². The van der Waals surface area contributed by atoms with Crippen molar-refractivity contribution in [3.63, 3.8) is 0 Å². The SMILES string of the molecule is COC(=O)C(C)(C#N)C(CC(=O)O)c1ccc(F)cc1. The van der Waals surface area contributed by atoms with Crippen molar-refractivity contribution in [3.05, 3.63) is 35.6 Å². The zero-order valence-corrected chi connectivity index (χ0v) is 11.1. The molecule has 2 unspecified atom stereocenters. The topological polar surface area (TPSA) is 87.4 Å². The average molecular weight is 279 g/mol. The number of carbonyl (C=O) groups excluding carboxylic acids is 1. The average Bonchev–Trinajstić information content (AvgIpc) is 2.44. The standard InChI is InChI=1S/C14H14FNO4/c1-14(8-16,13(19)20-2)11(7-12(17)18)9-3-5-10(15)6-4-9/h3-6,11H,7H2,1-2H3,(H,17,18). The fraction of sp³-hybridized carbons (Fsp3) is 0.357. The third-order valence-corrected chi connectivity index (χ3v) is 3.19. The van der Waals surface area contributed by atoms with Gasteiger partial charge in [-0.3, -0.25) is 9.59 Å². The Labute approximate surface area is 115 Å². The molecule has 1 aromatic rings. The van der Waals surface area contributed by atoms with Gasteiger partial charge in [0, 0.05) is 5.92 Å². The first-order chi connectivity index (χ1) is 9.35. The molecule has 0 aliphatic heterocycles. The number of hydrogen-bond donors (Lipinski definition) is 1. The van der Waals surface area contributed by atoms with Gasteiger partial charge in [0.05, 0.1) is 19.6 Å². The van der Waals surface area contributed by atoms with Crippen LogP contribution in [0, 0.1) is 22.6 Å². The molecule has 0 fully saturated rings. The Kier molecular flexibility index (Phi) is 4.81. The number of halogens is 1. The minimum absolute atomic E-state index is 0.392. The van der Waals surface area contributed by atoms with Gasteiger partial charge in [-0.15, -0.1) is 0 Å². The van der Waals surface area contributed by atoms with Gasteiger partial charge in [0.25, 0.3) is 0 Å². The highest BCUT2D eigenvalue weighted by Crippen LogP contribution is 2.39. The summed E-state index contributed by atoms with van der Waals surface area (Å²) in [6, 6.07) is 6.85. The summed E-state index contributed by atoms with van der Waals surface area (Å²) in [5.41, 5.74) is -1.27. The van der Waals surface area contributed by atoms with E-state index in [1.165, 1.54) is 19.1 Å². The van der Waals surface area contributed by atoms with Crippen molar-refractivity contribution in [1.82, 2.24) is 0 Å². The number of nitriles is 1. The van der Waals surface area contributed by atoms with E-state index < -0.39 is 35.5 Å². The number of benzene rings is 1. The molecule has 1 rings (SSSR count). The maximum atomic E-state index is 12.9. The molecule has 0 radical (unpaired) electrons. The molecular formula is C14H14FNO4. The van der Waals surface area contributed by atoms with Crippen LogP contribution in [0.25, 0.3) is 0 Å². The molecule has 0 aliphatic carbocycles. The van der Waals surface area contributed by atoms with Crippen LogP contribution >= 0.6 is 0 Å². The number of ether oxygens (including phenoxy) is 1. The number of carboxylic acids is 1. The number of hydrogen-bond acceptors (Lipinski definition) is 4. The van der Waals surface area contributed by atoms with Crippen molar-refractivity contribution < 1.29 is 23.8 Å². The van der Waals surface area contributed by atoms with Crippen molar-refractivity contribution in [1.29, 1.82) is 5.26 Å². The molecular weight excluding hydrogens is 265 g/mol. The van der Waals surface area contributed by atoms with E-state index in [-0.39, 0.29) is 0 Å². The first kappa shape index (κ1) is 15.6. The summed E-state index contributed by atoms with van der Waals surface area (Å²) in [5, 5.41) is 18.2. The summed E-state index contributed by atoms with van der Waals surface area (Å²) < 4.78 is 17.5. The first-order valence-electron chi connectivity index (χ1n) is 5.82. The molecule has 2 atom stereocenters. The van der Waals surface area contributed by atoms with Crippen molar-refractivity contribution in [2.75, 3.05) is 7.11 Å². The first-order valence-corrected chi connectivity index (χ1v) is 5.82.